The van der Waals surface area contributed by atoms with Gasteiger partial charge in [0.1, 0.15) is 17.2 Å². The number of ether oxygens (including phenoxy) is 1. The van der Waals surface area contributed by atoms with Gasteiger partial charge >= 0.3 is 6.09 Å². The maximum absolute atomic E-state index is 13.2. The van der Waals surface area contributed by atoms with Crippen LogP contribution in [0.4, 0.5) is 13.6 Å². The molecule has 0 atom stereocenters. The fourth-order valence-corrected chi connectivity index (χ4v) is 3.65. The van der Waals surface area contributed by atoms with Crippen LogP contribution >= 0.6 is 0 Å². The molecule has 1 saturated heterocycles. The fraction of sp³-hybridized carbons (Fsp3) is 0.588. The van der Waals surface area contributed by atoms with Crippen LogP contribution in [0.5, 0.6) is 0 Å². The highest BCUT2D eigenvalue weighted by Crippen LogP contribution is 2.14. The van der Waals surface area contributed by atoms with Gasteiger partial charge in [-0.15, -0.1) is 0 Å². The predicted octanol–water partition coefficient (Wildman–Crippen LogP) is 1.80. The van der Waals surface area contributed by atoms with Crippen LogP contribution in [-0.2, 0) is 14.8 Å². The van der Waals surface area contributed by atoms with Gasteiger partial charge in [0.15, 0.2) is 0 Å². The zero-order chi connectivity index (χ0) is 20.2. The van der Waals surface area contributed by atoms with Crippen LogP contribution in [0.15, 0.2) is 23.1 Å². The largest absolute Gasteiger partial charge is 0.444 e. The number of amides is 1. The van der Waals surface area contributed by atoms with Crippen molar-refractivity contribution in [3.8, 4) is 0 Å². The Morgan fingerprint density at radius 3 is 2.19 bits per heavy atom. The van der Waals surface area contributed by atoms with Crippen molar-refractivity contribution in [3.05, 3.63) is 29.8 Å². The molecule has 0 unspecified atom stereocenters. The highest BCUT2D eigenvalue weighted by molar-refractivity contribution is 7.89. The number of nitrogens with one attached hydrogen (secondary N) is 1. The van der Waals surface area contributed by atoms with Gasteiger partial charge < -0.3 is 9.64 Å². The summed E-state index contributed by atoms with van der Waals surface area (Å²) in [5, 5.41) is 0. The van der Waals surface area contributed by atoms with Crippen molar-refractivity contribution in [2.45, 2.75) is 31.3 Å². The average Bonchev–Trinajstić information content (AvgIpc) is 2.53. The molecular weight excluding hydrogens is 380 g/mol. The molecule has 1 aromatic rings. The summed E-state index contributed by atoms with van der Waals surface area (Å²) in [6.45, 7) is 8.04. The van der Waals surface area contributed by atoms with Gasteiger partial charge in [0, 0.05) is 45.3 Å². The van der Waals surface area contributed by atoms with E-state index in [1.54, 1.807) is 25.7 Å². The Morgan fingerprint density at radius 2 is 1.67 bits per heavy atom. The Morgan fingerprint density at radius 1 is 1.11 bits per heavy atom. The Hall–Kier alpha value is -1.78. The molecule has 1 aliphatic rings. The van der Waals surface area contributed by atoms with E-state index in [9.17, 15) is 22.0 Å². The van der Waals surface area contributed by atoms with Crippen LogP contribution in [0.1, 0.15) is 20.8 Å². The summed E-state index contributed by atoms with van der Waals surface area (Å²) in [6.07, 6.45) is -0.365. The molecule has 10 heteroatoms. The van der Waals surface area contributed by atoms with Crippen LogP contribution in [0.2, 0.25) is 0 Å². The molecule has 1 fully saturated rings. The van der Waals surface area contributed by atoms with Crippen molar-refractivity contribution in [1.82, 2.24) is 14.5 Å². The van der Waals surface area contributed by atoms with Crippen molar-refractivity contribution >= 4 is 16.1 Å². The second-order valence-electron chi connectivity index (χ2n) is 7.31. The number of piperazine rings is 1. The molecule has 0 spiro atoms. The van der Waals surface area contributed by atoms with Crippen molar-refractivity contribution in [3.63, 3.8) is 0 Å². The van der Waals surface area contributed by atoms with Crippen LogP contribution in [-0.4, -0.2) is 69.2 Å². The van der Waals surface area contributed by atoms with Gasteiger partial charge in [-0.25, -0.2) is 26.7 Å². The van der Waals surface area contributed by atoms with Crippen molar-refractivity contribution < 1.29 is 26.7 Å². The summed E-state index contributed by atoms with van der Waals surface area (Å²) in [5.74, 6) is -1.90. The van der Waals surface area contributed by atoms with E-state index in [-0.39, 0.29) is 12.6 Å². The summed E-state index contributed by atoms with van der Waals surface area (Å²) < 4.78 is 58.3. The highest BCUT2D eigenvalue weighted by atomic mass is 32.2. The second-order valence-corrected chi connectivity index (χ2v) is 9.08. The lowest BCUT2D eigenvalue weighted by molar-refractivity contribution is 0.0147. The Balaban J connectivity index is 1.79. The maximum atomic E-state index is 13.2. The molecule has 1 heterocycles. The van der Waals surface area contributed by atoms with E-state index in [1.165, 1.54) is 0 Å². The van der Waals surface area contributed by atoms with Crippen LogP contribution in [0.25, 0.3) is 0 Å². The molecule has 1 amide bonds. The maximum Gasteiger partial charge on any atom is 0.410 e. The molecule has 7 nitrogen and oxygen atoms in total. The van der Waals surface area contributed by atoms with Gasteiger partial charge in [0.05, 0.1) is 4.90 Å². The Kier molecular flexibility index (Phi) is 6.77. The van der Waals surface area contributed by atoms with Crippen LogP contribution < -0.4 is 4.72 Å². The van der Waals surface area contributed by atoms with E-state index in [4.69, 9.17) is 4.74 Å². The monoisotopic (exact) mass is 405 g/mol. The van der Waals surface area contributed by atoms with E-state index in [1.807, 2.05) is 4.90 Å². The second kappa shape index (κ2) is 8.49. The number of sulfonamides is 1. The lowest BCUT2D eigenvalue weighted by atomic mass is 10.2. The molecule has 0 saturated carbocycles. The predicted molar refractivity (Wildman–Crippen MR) is 95.8 cm³/mol. The van der Waals surface area contributed by atoms with Gasteiger partial charge in [-0.2, -0.15) is 0 Å². The molecule has 1 N–H and O–H groups in total. The number of halogens is 2. The van der Waals surface area contributed by atoms with Gasteiger partial charge in [0.25, 0.3) is 0 Å². The number of carbonyl (C=O) groups excluding carboxylic acids is 1. The zero-order valence-electron chi connectivity index (χ0n) is 15.7. The topological polar surface area (TPSA) is 79.0 Å². The van der Waals surface area contributed by atoms with Gasteiger partial charge in [-0.1, -0.05) is 0 Å². The standard InChI is InChI=1S/C17H25F2N3O4S/c1-17(2,3)26-16(23)22-8-6-21(7-9-22)5-4-20-27(24,25)15-11-13(18)10-14(19)12-15/h10-12,20H,4-9H2,1-3H3. The zero-order valence-corrected chi connectivity index (χ0v) is 16.5. The van der Waals surface area contributed by atoms with Gasteiger partial charge in [0.2, 0.25) is 10.0 Å². The van der Waals surface area contributed by atoms with E-state index in [0.29, 0.717) is 38.8 Å². The van der Waals surface area contributed by atoms with Crippen molar-refractivity contribution in [2.75, 3.05) is 39.3 Å². The molecule has 0 radical (unpaired) electrons. The third kappa shape index (κ3) is 6.71. The number of hydrogen-bond acceptors (Lipinski definition) is 5. The third-order valence-electron chi connectivity index (χ3n) is 3.89. The number of nitrogens with zero attached hydrogens (tertiary/aromatic N) is 2. The van der Waals surface area contributed by atoms with Gasteiger partial charge in [-0.3, -0.25) is 4.90 Å². The van der Waals surface area contributed by atoms with E-state index < -0.39 is 32.2 Å². The van der Waals surface area contributed by atoms with Crippen LogP contribution in [0, 0.1) is 11.6 Å². The minimum Gasteiger partial charge on any atom is -0.444 e. The van der Waals surface area contributed by atoms with E-state index in [0.717, 1.165) is 12.1 Å². The molecule has 1 aliphatic heterocycles. The Bertz CT molecular complexity index is 753. The number of benzene rings is 1. The number of hydrogen-bond donors (Lipinski definition) is 1. The molecule has 0 bridgehead atoms. The molecule has 2 rings (SSSR count). The van der Waals surface area contributed by atoms with E-state index >= 15 is 0 Å². The highest BCUT2D eigenvalue weighted by Gasteiger charge is 2.26. The summed E-state index contributed by atoms with van der Waals surface area (Å²) in [4.78, 5) is 15.2. The summed E-state index contributed by atoms with van der Waals surface area (Å²) >= 11 is 0. The van der Waals surface area contributed by atoms with Crippen molar-refractivity contribution in [2.24, 2.45) is 0 Å². The summed E-state index contributed by atoms with van der Waals surface area (Å²) in [6, 6.07) is 2.15. The first-order valence-electron chi connectivity index (χ1n) is 8.62. The first-order chi connectivity index (χ1) is 12.5. The molecule has 0 aromatic heterocycles. The number of rotatable bonds is 5. The molecular formula is C17H25F2N3O4S. The SMILES string of the molecule is CC(C)(C)OC(=O)N1CCN(CCNS(=O)(=O)c2cc(F)cc(F)c2)CC1. The summed E-state index contributed by atoms with van der Waals surface area (Å²) in [7, 11) is -3.99. The lowest BCUT2D eigenvalue weighted by Gasteiger charge is -2.35. The lowest BCUT2D eigenvalue weighted by Crippen LogP contribution is -2.51. The number of carbonyl (C=O) groups is 1. The minimum atomic E-state index is -3.99. The first-order valence-corrected chi connectivity index (χ1v) is 10.1. The smallest absolute Gasteiger partial charge is 0.410 e. The van der Waals surface area contributed by atoms with Crippen molar-refractivity contribution in [1.29, 1.82) is 0 Å². The minimum absolute atomic E-state index is 0.0902. The molecule has 152 valence electrons. The fourth-order valence-electron chi connectivity index (χ4n) is 2.59. The quantitative estimate of drug-likeness (QED) is 0.808. The third-order valence-corrected chi connectivity index (χ3v) is 5.33. The molecule has 1 aromatic carbocycles. The van der Waals surface area contributed by atoms with Crippen LogP contribution in [0.3, 0.4) is 0 Å². The summed E-state index contributed by atoms with van der Waals surface area (Å²) in [5.41, 5.74) is -0.553. The van der Waals surface area contributed by atoms with Gasteiger partial charge in [-0.05, 0) is 32.9 Å². The molecule has 0 aliphatic carbocycles. The Labute approximate surface area is 158 Å². The first kappa shape index (κ1) is 21.5. The normalized spacial score (nSPS) is 16.4. The molecule has 27 heavy (non-hydrogen) atoms. The average molecular weight is 405 g/mol. The van der Waals surface area contributed by atoms with E-state index in [2.05, 4.69) is 4.72 Å².